The van der Waals surface area contributed by atoms with Crippen LogP contribution >= 0.6 is 0 Å². The van der Waals surface area contributed by atoms with Gasteiger partial charge in [0.15, 0.2) is 0 Å². The fourth-order valence-electron chi connectivity index (χ4n) is 0.233. The molecule has 0 aliphatic rings. The molecule has 0 saturated heterocycles. The van der Waals surface area contributed by atoms with Gasteiger partial charge in [0.1, 0.15) is 0 Å². The Bertz CT molecular complexity index is 190. The van der Waals surface area contributed by atoms with E-state index in [9.17, 15) is 0 Å². The van der Waals surface area contributed by atoms with E-state index in [0.29, 0.717) is 13.2 Å². The molecule has 0 aromatic rings. The third-order valence-corrected chi connectivity index (χ3v) is 0.493. The average molecular weight is 353 g/mol. The summed E-state index contributed by atoms with van der Waals surface area (Å²) in [6.45, 7) is 7.22. The Kier molecular flexibility index (Phi) is 85.7. The Morgan fingerprint density at radius 3 is 1.27 bits per heavy atom. The molecule has 0 saturated carbocycles. The van der Waals surface area contributed by atoms with Gasteiger partial charge in [-0.15, -0.1) is 0 Å². The fraction of sp³-hybridized carbons (Fsp3) is 0.700. The third kappa shape index (κ3) is 313. The molecule has 0 rings (SSSR count). The normalized spacial score (nSPS) is 6.41. The zero-order valence-electron chi connectivity index (χ0n) is 14.7. The van der Waals surface area contributed by atoms with Crippen LogP contribution in [0.25, 0.3) is 0 Å². The second kappa shape index (κ2) is 43.2. The standard InChI is InChI=1S/C4H12N2O.3C2H4O2.3Na/c1-2-7-6-4-3-5;3*1-2(3)4;;;/h6H,2-5H2,1H3;3*1H3,(H,3,4);;;. The Hall–Kier alpha value is 1.29. The maximum atomic E-state index is 9.00. The molecule has 0 atom stereocenters. The fourth-order valence-corrected chi connectivity index (χ4v) is 0.233. The number of hydroxylamine groups is 1. The molecule has 0 unspecified atom stereocenters. The first-order chi connectivity index (χ1) is 8.61. The second-order valence-corrected chi connectivity index (χ2v) is 2.67. The number of hydrogen-bond acceptors (Lipinski definition) is 6. The Labute approximate surface area is 197 Å². The number of nitrogens with two attached hydrogens (primary N) is 1. The van der Waals surface area contributed by atoms with Gasteiger partial charge in [0.25, 0.3) is 17.9 Å². The van der Waals surface area contributed by atoms with Crippen molar-refractivity contribution in [1.29, 1.82) is 0 Å². The summed E-state index contributed by atoms with van der Waals surface area (Å²) in [6.07, 6.45) is 0. The van der Waals surface area contributed by atoms with Gasteiger partial charge in [-0.25, -0.2) is 5.48 Å². The zero-order chi connectivity index (χ0) is 16.3. The number of hydrogen-bond donors (Lipinski definition) is 5. The van der Waals surface area contributed by atoms with Crippen LogP contribution in [-0.2, 0) is 19.2 Å². The number of carboxylic acid groups (broad SMARTS) is 3. The van der Waals surface area contributed by atoms with E-state index >= 15 is 0 Å². The molecule has 0 aliphatic carbocycles. The largest absolute Gasteiger partial charge is 0.481 e. The number of nitrogens with one attached hydrogen (secondary N) is 1. The van der Waals surface area contributed by atoms with Crippen molar-refractivity contribution in [2.45, 2.75) is 27.7 Å². The van der Waals surface area contributed by atoms with Gasteiger partial charge >= 0.3 is 0 Å². The third-order valence-electron chi connectivity index (χ3n) is 0.493. The van der Waals surface area contributed by atoms with Crippen molar-refractivity contribution in [3.05, 3.63) is 0 Å². The van der Waals surface area contributed by atoms with Gasteiger partial charge in [0.05, 0.1) is 6.61 Å². The van der Waals surface area contributed by atoms with E-state index < -0.39 is 17.9 Å². The van der Waals surface area contributed by atoms with Gasteiger partial charge in [-0.1, -0.05) is 0 Å². The quantitative estimate of drug-likeness (QED) is 0.233. The summed E-state index contributed by atoms with van der Waals surface area (Å²) in [4.78, 5) is 31.7. The van der Waals surface area contributed by atoms with Gasteiger partial charge in [0.2, 0.25) is 0 Å². The van der Waals surface area contributed by atoms with Crippen molar-refractivity contribution in [3.63, 3.8) is 0 Å². The van der Waals surface area contributed by atoms with E-state index in [1.54, 1.807) is 0 Å². The van der Waals surface area contributed by atoms with E-state index in [0.717, 1.165) is 27.3 Å². The summed E-state index contributed by atoms with van der Waals surface area (Å²) in [6, 6.07) is 0. The monoisotopic (exact) mass is 353 g/mol. The predicted octanol–water partition coefficient (Wildman–Crippen LogP) is -1.38. The van der Waals surface area contributed by atoms with Crippen molar-refractivity contribution in [2.75, 3.05) is 19.7 Å². The molecule has 0 heterocycles. The molecule has 119 valence electrons. The van der Waals surface area contributed by atoms with Gasteiger partial charge in [-0.3, -0.25) is 14.4 Å². The molecule has 6 N–H and O–H groups in total. The van der Waals surface area contributed by atoms with Crippen molar-refractivity contribution in [2.24, 2.45) is 5.73 Å². The van der Waals surface area contributed by atoms with Crippen molar-refractivity contribution in [1.82, 2.24) is 5.48 Å². The molecule has 9 nitrogen and oxygen atoms in total. The van der Waals surface area contributed by atoms with Crippen LogP contribution in [0.5, 0.6) is 0 Å². The molecule has 0 bridgehead atoms. The van der Waals surface area contributed by atoms with E-state index in [-0.39, 0.29) is 88.7 Å². The topological polar surface area (TPSA) is 159 Å². The first-order valence-electron chi connectivity index (χ1n) is 5.24. The molecule has 0 amide bonds. The summed E-state index contributed by atoms with van der Waals surface area (Å²) in [5.41, 5.74) is 7.79. The summed E-state index contributed by atoms with van der Waals surface area (Å²) in [7, 11) is 0. The minimum absolute atomic E-state index is 0. The van der Waals surface area contributed by atoms with Crippen LogP contribution in [0.2, 0.25) is 0 Å². The molecular formula is C10H24N2Na3O7. The molecule has 0 aromatic carbocycles. The smallest absolute Gasteiger partial charge is 0.300 e. The second-order valence-electron chi connectivity index (χ2n) is 2.67. The number of aliphatic carboxylic acids is 3. The molecule has 0 spiro atoms. The molecule has 3 radical (unpaired) electrons. The minimum Gasteiger partial charge on any atom is -0.481 e. The van der Waals surface area contributed by atoms with E-state index in [1.165, 1.54) is 0 Å². The number of carboxylic acids is 3. The van der Waals surface area contributed by atoms with E-state index in [1.807, 2.05) is 6.92 Å². The van der Waals surface area contributed by atoms with Gasteiger partial charge in [-0.2, -0.15) is 0 Å². The van der Waals surface area contributed by atoms with Gasteiger partial charge < -0.3 is 25.9 Å². The molecular weight excluding hydrogens is 329 g/mol. The predicted molar refractivity (Wildman–Crippen MR) is 85.9 cm³/mol. The van der Waals surface area contributed by atoms with Crippen LogP contribution in [0.15, 0.2) is 0 Å². The molecule has 0 aliphatic heterocycles. The van der Waals surface area contributed by atoms with Crippen molar-refractivity contribution >= 4 is 107 Å². The first-order valence-corrected chi connectivity index (χ1v) is 5.24. The zero-order valence-corrected chi connectivity index (χ0v) is 20.7. The minimum atomic E-state index is -0.833. The number of rotatable bonds is 4. The van der Waals surface area contributed by atoms with Gasteiger partial charge in [0, 0.05) is 123 Å². The summed E-state index contributed by atoms with van der Waals surface area (Å²) < 4.78 is 0. The summed E-state index contributed by atoms with van der Waals surface area (Å²) >= 11 is 0. The molecule has 12 heteroatoms. The first kappa shape index (κ1) is 43.6. The van der Waals surface area contributed by atoms with Crippen LogP contribution in [-0.4, -0.2) is 142 Å². The Morgan fingerprint density at radius 2 is 1.14 bits per heavy atom. The number of carbonyl (C=O) groups is 3. The summed E-state index contributed by atoms with van der Waals surface area (Å²) in [5, 5.41) is 22.2. The molecule has 22 heavy (non-hydrogen) atoms. The maximum absolute atomic E-state index is 9.00. The molecule has 0 fully saturated rings. The molecule has 0 aromatic heterocycles. The average Bonchev–Trinajstić information content (AvgIpc) is 2.15. The van der Waals surface area contributed by atoms with Crippen molar-refractivity contribution < 1.29 is 34.5 Å². The summed E-state index contributed by atoms with van der Waals surface area (Å²) in [5.74, 6) is -2.50. The SMILES string of the molecule is CC(=O)O.CC(=O)O.CC(=O)O.CCONCCN.[Na].[Na].[Na]. The maximum Gasteiger partial charge on any atom is 0.300 e. The van der Waals surface area contributed by atoms with Crippen LogP contribution in [0.3, 0.4) is 0 Å². The van der Waals surface area contributed by atoms with Crippen LogP contribution < -0.4 is 11.2 Å². The Morgan fingerprint density at radius 1 is 0.909 bits per heavy atom. The van der Waals surface area contributed by atoms with Crippen LogP contribution in [0.1, 0.15) is 27.7 Å². The van der Waals surface area contributed by atoms with Crippen molar-refractivity contribution in [3.8, 4) is 0 Å². The Balaban J connectivity index is -0.0000000270. The van der Waals surface area contributed by atoms with E-state index in [2.05, 4.69) is 5.48 Å². The van der Waals surface area contributed by atoms with E-state index in [4.69, 9.17) is 40.3 Å². The van der Waals surface area contributed by atoms with Gasteiger partial charge in [-0.05, 0) is 6.92 Å². The van der Waals surface area contributed by atoms with Crippen LogP contribution in [0.4, 0.5) is 0 Å². The van der Waals surface area contributed by atoms with Crippen LogP contribution in [0, 0.1) is 0 Å².